The fourth-order valence-corrected chi connectivity index (χ4v) is 4.45. The van der Waals surface area contributed by atoms with E-state index in [-0.39, 0.29) is 0 Å². The molecule has 64 valence electrons. The fourth-order valence-electron chi connectivity index (χ4n) is 2.56. The Labute approximate surface area is 74.1 Å². The Morgan fingerprint density at radius 3 is 2.64 bits per heavy atom. The summed E-state index contributed by atoms with van der Waals surface area (Å²) in [6.07, 6.45) is 4.46. The van der Waals surface area contributed by atoms with Gasteiger partial charge in [0.2, 0.25) is 0 Å². The summed E-state index contributed by atoms with van der Waals surface area (Å²) < 4.78 is 0.593. The van der Waals surface area contributed by atoms with Crippen LogP contribution < -0.4 is 0 Å². The Bertz CT molecular complexity index is 162. The van der Waals surface area contributed by atoms with Gasteiger partial charge in [-0.25, -0.2) is 0 Å². The highest BCUT2D eigenvalue weighted by molar-refractivity contribution is 8.01. The van der Waals surface area contributed by atoms with Gasteiger partial charge >= 0.3 is 0 Å². The van der Waals surface area contributed by atoms with Gasteiger partial charge in [0, 0.05) is 10.00 Å². The summed E-state index contributed by atoms with van der Waals surface area (Å²) in [5.74, 6) is 2.01. The van der Waals surface area contributed by atoms with Crippen LogP contribution >= 0.6 is 11.8 Å². The van der Waals surface area contributed by atoms with Crippen LogP contribution in [0.25, 0.3) is 0 Å². The van der Waals surface area contributed by atoms with Gasteiger partial charge in [0.15, 0.2) is 0 Å². The molecular weight excluding hydrogens is 152 g/mol. The van der Waals surface area contributed by atoms with E-state index in [1.807, 2.05) is 0 Å². The van der Waals surface area contributed by atoms with E-state index >= 15 is 0 Å². The number of thioether (sulfide) groups is 1. The Kier molecular flexibility index (Phi) is 1.75. The van der Waals surface area contributed by atoms with Gasteiger partial charge in [-0.05, 0) is 31.1 Å². The van der Waals surface area contributed by atoms with E-state index in [9.17, 15) is 0 Å². The molecule has 3 atom stereocenters. The zero-order valence-corrected chi connectivity index (χ0v) is 8.58. The monoisotopic (exact) mass is 170 g/mol. The van der Waals surface area contributed by atoms with Gasteiger partial charge in [0.05, 0.1) is 0 Å². The van der Waals surface area contributed by atoms with Gasteiger partial charge in [-0.15, -0.1) is 0 Å². The molecule has 2 rings (SSSR count). The summed E-state index contributed by atoms with van der Waals surface area (Å²) in [5, 5.41) is 0.990. The molecule has 0 radical (unpaired) electrons. The van der Waals surface area contributed by atoms with Crippen molar-refractivity contribution in [3.63, 3.8) is 0 Å². The van der Waals surface area contributed by atoms with Crippen LogP contribution in [0.3, 0.4) is 0 Å². The molecule has 1 saturated carbocycles. The highest BCUT2D eigenvalue weighted by atomic mass is 32.2. The van der Waals surface area contributed by atoms with Crippen molar-refractivity contribution in [2.24, 2.45) is 11.8 Å². The molecule has 2 aliphatic rings. The fraction of sp³-hybridized carbons (Fsp3) is 1.00. The van der Waals surface area contributed by atoms with Crippen molar-refractivity contribution in [1.29, 1.82) is 0 Å². The van der Waals surface area contributed by atoms with Gasteiger partial charge in [-0.1, -0.05) is 20.8 Å². The minimum Gasteiger partial charge on any atom is -0.152 e. The maximum Gasteiger partial charge on any atom is 0.0135 e. The highest BCUT2D eigenvalue weighted by Gasteiger charge is 2.45. The summed E-state index contributed by atoms with van der Waals surface area (Å²) in [6, 6.07) is 0. The first-order chi connectivity index (χ1) is 5.09. The van der Waals surface area contributed by atoms with E-state index in [0.717, 1.165) is 17.1 Å². The molecule has 2 bridgehead atoms. The van der Waals surface area contributed by atoms with E-state index < -0.39 is 0 Å². The maximum absolute atomic E-state index is 2.43. The van der Waals surface area contributed by atoms with Crippen LogP contribution in [0.2, 0.25) is 0 Å². The summed E-state index contributed by atoms with van der Waals surface area (Å²) in [5.41, 5.74) is 0. The molecule has 1 heterocycles. The van der Waals surface area contributed by atoms with Crippen LogP contribution in [0.5, 0.6) is 0 Å². The molecule has 0 aromatic carbocycles. The first kappa shape index (κ1) is 7.97. The molecule has 0 amide bonds. The first-order valence-electron chi connectivity index (χ1n) is 4.77. The van der Waals surface area contributed by atoms with E-state index in [0.29, 0.717) is 4.75 Å². The molecule has 0 spiro atoms. The lowest BCUT2D eigenvalue weighted by molar-refractivity contribution is 0.290. The molecule has 1 aliphatic heterocycles. The molecule has 1 heteroatoms. The average Bonchev–Trinajstić information content (AvgIpc) is 2.16. The van der Waals surface area contributed by atoms with Crippen LogP contribution in [0.4, 0.5) is 0 Å². The molecule has 0 unspecified atom stereocenters. The largest absolute Gasteiger partial charge is 0.152 e. The number of hydrogen-bond acceptors (Lipinski definition) is 1. The predicted molar refractivity (Wildman–Crippen MR) is 52.0 cm³/mol. The number of hydrogen-bond donors (Lipinski definition) is 0. The molecule has 2 fully saturated rings. The average molecular weight is 170 g/mol. The maximum atomic E-state index is 2.43. The third kappa shape index (κ3) is 1.22. The Morgan fingerprint density at radius 1 is 1.27 bits per heavy atom. The van der Waals surface area contributed by atoms with Gasteiger partial charge in [0.1, 0.15) is 0 Å². The topological polar surface area (TPSA) is 0 Å². The van der Waals surface area contributed by atoms with E-state index in [1.165, 1.54) is 19.3 Å². The predicted octanol–water partition coefficient (Wildman–Crippen LogP) is 3.32. The zero-order valence-electron chi connectivity index (χ0n) is 7.76. The van der Waals surface area contributed by atoms with E-state index in [1.54, 1.807) is 0 Å². The van der Waals surface area contributed by atoms with Crippen molar-refractivity contribution >= 4 is 11.8 Å². The molecule has 0 aromatic rings. The molecule has 0 nitrogen and oxygen atoms in total. The van der Waals surface area contributed by atoms with Crippen LogP contribution in [-0.4, -0.2) is 10.00 Å². The van der Waals surface area contributed by atoms with Crippen LogP contribution in [-0.2, 0) is 0 Å². The van der Waals surface area contributed by atoms with Gasteiger partial charge in [0.25, 0.3) is 0 Å². The lowest BCUT2D eigenvalue weighted by Gasteiger charge is -2.26. The third-order valence-electron chi connectivity index (χ3n) is 3.56. The standard InChI is InChI=1S/C10H18S/c1-7-4-5-8-6-9(7)11-10(8,2)3/h7-9H,4-6H2,1-3H3/t7-,8+,9+/m0/s1. The molecule has 0 aromatic heterocycles. The van der Waals surface area contributed by atoms with E-state index in [2.05, 4.69) is 32.5 Å². The molecule has 1 aliphatic carbocycles. The molecule has 1 saturated heterocycles. The van der Waals surface area contributed by atoms with Crippen molar-refractivity contribution in [3.05, 3.63) is 0 Å². The van der Waals surface area contributed by atoms with Gasteiger partial charge < -0.3 is 0 Å². The summed E-state index contributed by atoms with van der Waals surface area (Å²) in [7, 11) is 0. The Balaban J connectivity index is 2.16. The van der Waals surface area contributed by atoms with Crippen LogP contribution in [0.1, 0.15) is 40.0 Å². The van der Waals surface area contributed by atoms with Gasteiger partial charge in [-0.3, -0.25) is 0 Å². The van der Waals surface area contributed by atoms with Crippen molar-refractivity contribution in [1.82, 2.24) is 0 Å². The van der Waals surface area contributed by atoms with Crippen molar-refractivity contribution in [2.75, 3.05) is 0 Å². The first-order valence-corrected chi connectivity index (χ1v) is 5.65. The van der Waals surface area contributed by atoms with E-state index in [4.69, 9.17) is 0 Å². The minimum atomic E-state index is 0.593. The lowest BCUT2D eigenvalue weighted by atomic mass is 9.78. The zero-order chi connectivity index (χ0) is 8.06. The van der Waals surface area contributed by atoms with Gasteiger partial charge in [-0.2, -0.15) is 11.8 Å². The van der Waals surface area contributed by atoms with Crippen molar-refractivity contribution in [3.8, 4) is 0 Å². The summed E-state index contributed by atoms with van der Waals surface area (Å²) in [4.78, 5) is 0. The lowest BCUT2D eigenvalue weighted by Crippen LogP contribution is -2.23. The smallest absolute Gasteiger partial charge is 0.0135 e. The third-order valence-corrected chi connectivity index (χ3v) is 5.46. The van der Waals surface area contributed by atoms with Crippen molar-refractivity contribution in [2.45, 2.75) is 50.0 Å². The van der Waals surface area contributed by atoms with Crippen molar-refractivity contribution < 1.29 is 0 Å². The molecule has 11 heavy (non-hydrogen) atoms. The quantitative estimate of drug-likeness (QED) is 0.537. The summed E-state index contributed by atoms with van der Waals surface area (Å²) in [6.45, 7) is 7.29. The van der Waals surface area contributed by atoms with Crippen LogP contribution in [0, 0.1) is 11.8 Å². The van der Waals surface area contributed by atoms with Crippen LogP contribution in [0.15, 0.2) is 0 Å². The second-order valence-corrected chi connectivity index (χ2v) is 6.64. The molecular formula is C10H18S. The Morgan fingerprint density at radius 2 is 2.00 bits per heavy atom. The second kappa shape index (κ2) is 2.42. The number of fused-ring (bicyclic) bond motifs is 2. The Hall–Kier alpha value is 0.350. The second-order valence-electron chi connectivity index (χ2n) is 4.75. The molecule has 0 N–H and O–H groups in total. The highest BCUT2D eigenvalue weighted by Crippen LogP contribution is 2.55. The number of rotatable bonds is 0. The minimum absolute atomic E-state index is 0.593. The normalized spacial score (nSPS) is 47.7. The SMILES string of the molecule is C[C@H]1CC[C@@H]2C[C@H]1SC2(C)C. The summed E-state index contributed by atoms with van der Waals surface area (Å²) >= 11 is 2.25.